The smallest absolute Gasteiger partial charge is 0.224 e. The first-order chi connectivity index (χ1) is 9.04. The van der Waals surface area contributed by atoms with Crippen LogP contribution in [-0.2, 0) is 11.2 Å². The largest absolute Gasteiger partial charge is 0.353 e. The maximum atomic E-state index is 12.0. The molecule has 3 heteroatoms. The molecule has 0 heterocycles. The Morgan fingerprint density at radius 3 is 2.53 bits per heavy atom. The number of alkyl halides is 1. The van der Waals surface area contributed by atoms with E-state index in [9.17, 15) is 4.79 Å². The van der Waals surface area contributed by atoms with E-state index in [2.05, 4.69) is 53.3 Å². The third-order valence-electron chi connectivity index (χ3n) is 3.96. The molecule has 0 saturated heterocycles. The first kappa shape index (κ1) is 14.6. The van der Waals surface area contributed by atoms with Crippen molar-refractivity contribution in [3.8, 4) is 0 Å². The van der Waals surface area contributed by atoms with Crippen molar-refractivity contribution < 1.29 is 4.79 Å². The zero-order chi connectivity index (χ0) is 13.8. The van der Waals surface area contributed by atoms with Crippen LogP contribution in [0, 0.1) is 13.8 Å². The lowest BCUT2D eigenvalue weighted by molar-refractivity contribution is -0.121. The molecule has 1 fully saturated rings. The molecule has 1 aromatic rings. The summed E-state index contributed by atoms with van der Waals surface area (Å²) in [6.45, 7) is 4.19. The third-order valence-corrected chi connectivity index (χ3v) is 4.87. The fourth-order valence-electron chi connectivity index (χ4n) is 2.57. The van der Waals surface area contributed by atoms with Crippen LogP contribution in [0.5, 0.6) is 0 Å². The number of aryl methyl sites for hydroxylation is 2. The van der Waals surface area contributed by atoms with E-state index in [0.29, 0.717) is 17.3 Å². The summed E-state index contributed by atoms with van der Waals surface area (Å²) in [5.41, 5.74) is 3.64. The van der Waals surface area contributed by atoms with Crippen LogP contribution in [-0.4, -0.2) is 16.8 Å². The molecule has 0 atom stereocenters. The Labute approximate surface area is 124 Å². The fourth-order valence-corrected chi connectivity index (χ4v) is 3.10. The molecule has 1 saturated carbocycles. The monoisotopic (exact) mass is 323 g/mol. The fraction of sp³-hybridized carbons (Fsp3) is 0.562. The summed E-state index contributed by atoms with van der Waals surface area (Å²) in [7, 11) is 0. The zero-order valence-corrected chi connectivity index (χ0v) is 13.3. The molecule has 0 radical (unpaired) electrons. The van der Waals surface area contributed by atoms with Crippen molar-refractivity contribution in [2.75, 3.05) is 0 Å². The van der Waals surface area contributed by atoms with Gasteiger partial charge in [-0.25, -0.2) is 0 Å². The molecule has 0 bridgehead atoms. The third kappa shape index (κ3) is 4.34. The molecule has 1 aromatic carbocycles. The second-order valence-electron chi connectivity index (χ2n) is 5.61. The first-order valence-electron chi connectivity index (χ1n) is 7.04. The molecule has 104 valence electrons. The van der Waals surface area contributed by atoms with Crippen molar-refractivity contribution >= 4 is 21.8 Å². The topological polar surface area (TPSA) is 29.1 Å². The highest BCUT2D eigenvalue weighted by atomic mass is 79.9. The van der Waals surface area contributed by atoms with Gasteiger partial charge in [0.25, 0.3) is 0 Å². The molecule has 19 heavy (non-hydrogen) atoms. The van der Waals surface area contributed by atoms with Gasteiger partial charge in [-0.2, -0.15) is 0 Å². The molecule has 2 rings (SSSR count). The Bertz CT molecular complexity index is 450. The van der Waals surface area contributed by atoms with Crippen molar-refractivity contribution in [1.82, 2.24) is 5.32 Å². The number of amides is 1. The van der Waals surface area contributed by atoms with Crippen LogP contribution in [0.3, 0.4) is 0 Å². The van der Waals surface area contributed by atoms with Gasteiger partial charge < -0.3 is 5.32 Å². The van der Waals surface area contributed by atoms with Crippen LogP contribution in [0.2, 0.25) is 0 Å². The molecule has 0 aromatic heterocycles. The standard InChI is InChI=1S/C16H22BrNO/c1-11-3-4-13(9-12(11)2)10-16(19)18-15-7-5-14(17)6-8-15/h3-4,9,14-15H,5-8,10H2,1-2H3,(H,18,19). The average molecular weight is 324 g/mol. The highest BCUT2D eigenvalue weighted by Gasteiger charge is 2.20. The number of rotatable bonds is 3. The summed E-state index contributed by atoms with van der Waals surface area (Å²) < 4.78 is 0. The van der Waals surface area contributed by atoms with Crippen LogP contribution in [0.25, 0.3) is 0 Å². The summed E-state index contributed by atoms with van der Waals surface area (Å²) in [4.78, 5) is 12.7. The molecular formula is C16H22BrNO. The van der Waals surface area contributed by atoms with E-state index in [1.165, 1.54) is 11.1 Å². The van der Waals surface area contributed by atoms with E-state index in [4.69, 9.17) is 0 Å². The number of benzene rings is 1. The quantitative estimate of drug-likeness (QED) is 0.845. The second kappa shape index (κ2) is 6.56. The van der Waals surface area contributed by atoms with E-state index in [1.807, 2.05) is 0 Å². The van der Waals surface area contributed by atoms with Gasteiger partial charge in [0.05, 0.1) is 6.42 Å². The van der Waals surface area contributed by atoms with Crippen molar-refractivity contribution in [2.24, 2.45) is 0 Å². The molecule has 2 nitrogen and oxygen atoms in total. The van der Waals surface area contributed by atoms with Gasteiger partial charge in [-0.3, -0.25) is 4.79 Å². The minimum absolute atomic E-state index is 0.154. The lowest BCUT2D eigenvalue weighted by atomic mass is 9.95. The van der Waals surface area contributed by atoms with E-state index in [0.717, 1.165) is 31.2 Å². The summed E-state index contributed by atoms with van der Waals surface area (Å²) in [6, 6.07) is 6.63. The van der Waals surface area contributed by atoms with Gasteiger partial charge in [0, 0.05) is 10.9 Å². The lowest BCUT2D eigenvalue weighted by Crippen LogP contribution is -2.38. The average Bonchev–Trinajstić information content (AvgIpc) is 2.37. The molecule has 1 amide bonds. The SMILES string of the molecule is Cc1ccc(CC(=O)NC2CCC(Br)CC2)cc1C. The highest BCUT2D eigenvalue weighted by Crippen LogP contribution is 2.24. The van der Waals surface area contributed by atoms with Gasteiger partial charge in [0.15, 0.2) is 0 Å². The van der Waals surface area contributed by atoms with Crippen molar-refractivity contribution in [2.45, 2.75) is 56.8 Å². The summed E-state index contributed by atoms with van der Waals surface area (Å²) in [6.07, 6.45) is 5.00. The zero-order valence-electron chi connectivity index (χ0n) is 11.7. The molecule has 1 aliphatic carbocycles. The van der Waals surface area contributed by atoms with Gasteiger partial charge in [-0.15, -0.1) is 0 Å². The Morgan fingerprint density at radius 2 is 1.89 bits per heavy atom. The number of halogens is 1. The van der Waals surface area contributed by atoms with Crippen molar-refractivity contribution in [1.29, 1.82) is 0 Å². The summed E-state index contributed by atoms with van der Waals surface area (Å²) in [5, 5.41) is 3.16. The van der Waals surface area contributed by atoms with Gasteiger partial charge >= 0.3 is 0 Å². The maximum Gasteiger partial charge on any atom is 0.224 e. The normalized spacial score (nSPS) is 23.1. The minimum atomic E-state index is 0.154. The molecular weight excluding hydrogens is 302 g/mol. The van der Waals surface area contributed by atoms with Gasteiger partial charge in [-0.1, -0.05) is 34.1 Å². The molecule has 1 N–H and O–H groups in total. The molecule has 1 aliphatic rings. The summed E-state index contributed by atoms with van der Waals surface area (Å²) >= 11 is 3.64. The minimum Gasteiger partial charge on any atom is -0.353 e. The number of carbonyl (C=O) groups is 1. The van der Waals surface area contributed by atoms with Crippen LogP contribution >= 0.6 is 15.9 Å². The molecule has 0 unspecified atom stereocenters. The second-order valence-corrected chi connectivity index (χ2v) is 6.91. The molecule has 0 spiro atoms. The van der Waals surface area contributed by atoms with Gasteiger partial charge in [0.1, 0.15) is 0 Å². The van der Waals surface area contributed by atoms with Crippen LogP contribution in [0.4, 0.5) is 0 Å². The van der Waals surface area contributed by atoms with Crippen molar-refractivity contribution in [3.63, 3.8) is 0 Å². The predicted molar refractivity (Wildman–Crippen MR) is 82.7 cm³/mol. The van der Waals surface area contributed by atoms with E-state index < -0.39 is 0 Å². The highest BCUT2D eigenvalue weighted by molar-refractivity contribution is 9.09. The van der Waals surface area contributed by atoms with Crippen molar-refractivity contribution in [3.05, 3.63) is 34.9 Å². The first-order valence-corrected chi connectivity index (χ1v) is 7.95. The Balaban J connectivity index is 1.85. The Morgan fingerprint density at radius 1 is 1.21 bits per heavy atom. The van der Waals surface area contributed by atoms with Gasteiger partial charge in [0.2, 0.25) is 5.91 Å². The Kier molecular flexibility index (Phi) is 5.03. The van der Waals surface area contributed by atoms with Crippen LogP contribution < -0.4 is 5.32 Å². The number of hydrogen-bond donors (Lipinski definition) is 1. The predicted octanol–water partition coefficient (Wildman–Crippen LogP) is 3.67. The Hall–Kier alpha value is -0.830. The van der Waals surface area contributed by atoms with Crippen LogP contribution in [0.15, 0.2) is 18.2 Å². The van der Waals surface area contributed by atoms with Crippen LogP contribution in [0.1, 0.15) is 42.4 Å². The summed E-state index contributed by atoms with van der Waals surface area (Å²) in [5.74, 6) is 0.154. The number of nitrogens with one attached hydrogen (secondary N) is 1. The lowest BCUT2D eigenvalue weighted by Gasteiger charge is -2.26. The van der Waals surface area contributed by atoms with E-state index in [1.54, 1.807) is 0 Å². The maximum absolute atomic E-state index is 12.0. The van der Waals surface area contributed by atoms with E-state index >= 15 is 0 Å². The number of hydrogen-bond acceptors (Lipinski definition) is 1. The van der Waals surface area contributed by atoms with Gasteiger partial charge in [-0.05, 0) is 56.2 Å². The number of carbonyl (C=O) groups excluding carboxylic acids is 1. The van der Waals surface area contributed by atoms with E-state index in [-0.39, 0.29) is 5.91 Å². The molecule has 0 aliphatic heterocycles.